The third kappa shape index (κ3) is 4.64. The predicted molar refractivity (Wildman–Crippen MR) is 126 cm³/mol. The van der Waals surface area contributed by atoms with Gasteiger partial charge in [-0.2, -0.15) is 5.10 Å². The Labute approximate surface area is 187 Å². The van der Waals surface area contributed by atoms with Gasteiger partial charge < -0.3 is 14.0 Å². The highest BCUT2D eigenvalue weighted by Crippen LogP contribution is 2.26. The number of para-hydroxylation sites is 3. The molecule has 1 aromatic heterocycles. The van der Waals surface area contributed by atoms with Crippen molar-refractivity contribution in [3.8, 4) is 11.5 Å². The van der Waals surface area contributed by atoms with Crippen LogP contribution < -0.4 is 14.9 Å². The first-order valence-corrected chi connectivity index (χ1v) is 10.4. The smallest absolute Gasteiger partial charge is 0.277 e. The van der Waals surface area contributed by atoms with Crippen molar-refractivity contribution < 1.29 is 14.3 Å². The van der Waals surface area contributed by atoms with Gasteiger partial charge in [0.2, 0.25) is 0 Å². The van der Waals surface area contributed by atoms with E-state index in [0.717, 1.165) is 28.7 Å². The van der Waals surface area contributed by atoms with Crippen LogP contribution in [-0.4, -0.2) is 30.4 Å². The first-order valence-electron chi connectivity index (χ1n) is 10.4. The van der Waals surface area contributed by atoms with Crippen molar-refractivity contribution in [2.24, 2.45) is 5.10 Å². The molecule has 6 heteroatoms. The number of carbonyl (C=O) groups excluding carboxylic acids is 1. The molecule has 3 aromatic carbocycles. The van der Waals surface area contributed by atoms with Gasteiger partial charge in [0.1, 0.15) is 0 Å². The summed E-state index contributed by atoms with van der Waals surface area (Å²) < 4.78 is 13.0. The molecule has 6 nitrogen and oxygen atoms in total. The van der Waals surface area contributed by atoms with E-state index in [0.29, 0.717) is 11.5 Å². The van der Waals surface area contributed by atoms with Crippen molar-refractivity contribution in [2.75, 3.05) is 13.7 Å². The molecule has 0 aliphatic carbocycles. The van der Waals surface area contributed by atoms with E-state index in [1.54, 1.807) is 25.5 Å². The average Bonchev–Trinajstić information content (AvgIpc) is 3.09. The molecule has 0 aliphatic heterocycles. The molecule has 4 aromatic rings. The summed E-state index contributed by atoms with van der Waals surface area (Å²) in [6, 6.07) is 25.7. The van der Waals surface area contributed by atoms with Crippen LogP contribution in [0.5, 0.6) is 11.5 Å². The molecule has 1 heterocycles. The molecule has 0 radical (unpaired) electrons. The summed E-state index contributed by atoms with van der Waals surface area (Å²) in [6.45, 7) is 2.67. The third-order valence-corrected chi connectivity index (χ3v) is 5.27. The van der Waals surface area contributed by atoms with Crippen LogP contribution in [0.1, 0.15) is 16.8 Å². The summed E-state index contributed by atoms with van der Waals surface area (Å²) in [4.78, 5) is 12.2. The topological polar surface area (TPSA) is 64.8 Å². The summed E-state index contributed by atoms with van der Waals surface area (Å²) in [5.74, 6) is 0.734. The number of nitrogens with one attached hydrogen (secondary N) is 1. The molecule has 1 N–H and O–H groups in total. The van der Waals surface area contributed by atoms with E-state index in [1.807, 2.05) is 42.5 Å². The largest absolute Gasteiger partial charge is 0.493 e. The van der Waals surface area contributed by atoms with E-state index < -0.39 is 0 Å². The zero-order chi connectivity index (χ0) is 22.3. The lowest BCUT2D eigenvalue weighted by Crippen LogP contribution is -2.24. The van der Waals surface area contributed by atoms with Crippen molar-refractivity contribution in [3.05, 3.63) is 95.7 Å². The molecule has 0 atom stereocenters. The van der Waals surface area contributed by atoms with Gasteiger partial charge in [0, 0.05) is 28.7 Å². The van der Waals surface area contributed by atoms with E-state index in [4.69, 9.17) is 9.47 Å². The summed E-state index contributed by atoms with van der Waals surface area (Å²) in [5.41, 5.74) is 6.95. The van der Waals surface area contributed by atoms with Crippen molar-refractivity contribution in [3.63, 3.8) is 0 Å². The van der Waals surface area contributed by atoms with Crippen LogP contribution >= 0.6 is 0 Å². The quantitative estimate of drug-likeness (QED) is 0.332. The van der Waals surface area contributed by atoms with E-state index in [1.165, 1.54) is 5.56 Å². The van der Waals surface area contributed by atoms with Gasteiger partial charge in [-0.1, -0.05) is 60.7 Å². The molecule has 0 aliphatic rings. The Balaban J connectivity index is 1.48. The number of hydrogen-bond acceptors (Lipinski definition) is 4. The van der Waals surface area contributed by atoms with E-state index in [2.05, 4.69) is 46.3 Å². The normalized spacial score (nSPS) is 11.1. The highest BCUT2D eigenvalue weighted by atomic mass is 16.5. The summed E-state index contributed by atoms with van der Waals surface area (Å²) in [6.07, 6.45) is 1.69. The fraction of sp³-hybridized carbons (Fsp3) is 0.154. The van der Waals surface area contributed by atoms with Crippen LogP contribution in [0.15, 0.2) is 84.0 Å². The van der Waals surface area contributed by atoms with Gasteiger partial charge in [-0.3, -0.25) is 4.79 Å². The number of rotatable bonds is 8. The Kier molecular flexibility index (Phi) is 6.51. The van der Waals surface area contributed by atoms with Crippen molar-refractivity contribution >= 4 is 23.0 Å². The Bertz CT molecular complexity index is 1250. The maximum Gasteiger partial charge on any atom is 0.277 e. The molecule has 0 fully saturated rings. The first kappa shape index (κ1) is 21.2. The van der Waals surface area contributed by atoms with E-state index in [-0.39, 0.29) is 12.5 Å². The monoisotopic (exact) mass is 427 g/mol. The van der Waals surface area contributed by atoms with Gasteiger partial charge >= 0.3 is 0 Å². The maximum absolute atomic E-state index is 12.2. The van der Waals surface area contributed by atoms with Crippen molar-refractivity contribution in [2.45, 2.75) is 13.5 Å². The van der Waals surface area contributed by atoms with Gasteiger partial charge in [-0.05, 0) is 30.7 Å². The molecule has 0 spiro atoms. The average molecular weight is 428 g/mol. The second-order valence-corrected chi connectivity index (χ2v) is 7.32. The van der Waals surface area contributed by atoms with Crippen LogP contribution in [0.4, 0.5) is 0 Å². The second-order valence-electron chi connectivity index (χ2n) is 7.32. The Morgan fingerprint density at radius 2 is 1.66 bits per heavy atom. The number of nitrogens with zero attached hydrogens (tertiary/aromatic N) is 2. The molecule has 162 valence electrons. The van der Waals surface area contributed by atoms with Crippen LogP contribution in [0.3, 0.4) is 0 Å². The van der Waals surface area contributed by atoms with Crippen LogP contribution in [-0.2, 0) is 11.3 Å². The zero-order valence-electron chi connectivity index (χ0n) is 18.1. The number of carbonyl (C=O) groups is 1. The Hall–Kier alpha value is -4.06. The van der Waals surface area contributed by atoms with Gasteiger partial charge in [-0.25, -0.2) is 5.43 Å². The molecule has 32 heavy (non-hydrogen) atoms. The highest BCUT2D eigenvalue weighted by molar-refractivity contribution is 6.01. The standard InChI is InChI=1S/C26H25N3O3/c1-19-22(16-27-28-26(30)18-32-25-15-9-8-14-24(25)31-2)21-12-6-7-13-23(21)29(19)17-20-10-4-3-5-11-20/h3-16H,17-18H2,1-2H3,(H,28,30)/b27-16-. The molecule has 0 bridgehead atoms. The minimum Gasteiger partial charge on any atom is -0.493 e. The van der Waals surface area contributed by atoms with Crippen molar-refractivity contribution in [1.29, 1.82) is 0 Å². The minimum atomic E-state index is -0.349. The van der Waals surface area contributed by atoms with Gasteiger partial charge in [-0.15, -0.1) is 0 Å². The fourth-order valence-electron chi connectivity index (χ4n) is 3.67. The lowest BCUT2D eigenvalue weighted by atomic mass is 10.1. The third-order valence-electron chi connectivity index (χ3n) is 5.27. The van der Waals surface area contributed by atoms with Crippen LogP contribution in [0, 0.1) is 6.92 Å². The molecular weight excluding hydrogens is 402 g/mol. The maximum atomic E-state index is 12.2. The molecule has 1 amide bonds. The molecule has 0 saturated heterocycles. The Morgan fingerprint density at radius 1 is 0.969 bits per heavy atom. The number of hydrazone groups is 1. The number of ether oxygens (including phenoxy) is 2. The van der Waals surface area contributed by atoms with Gasteiger partial charge in [0.25, 0.3) is 5.91 Å². The highest BCUT2D eigenvalue weighted by Gasteiger charge is 2.13. The zero-order valence-corrected chi connectivity index (χ0v) is 18.1. The summed E-state index contributed by atoms with van der Waals surface area (Å²) in [5, 5.41) is 5.27. The van der Waals surface area contributed by atoms with Gasteiger partial charge in [0.05, 0.1) is 13.3 Å². The minimum absolute atomic E-state index is 0.160. The van der Waals surface area contributed by atoms with Crippen LogP contribution in [0.25, 0.3) is 10.9 Å². The number of methoxy groups -OCH3 is 1. The van der Waals surface area contributed by atoms with Crippen LogP contribution in [0.2, 0.25) is 0 Å². The number of hydrogen-bond donors (Lipinski definition) is 1. The second kappa shape index (κ2) is 9.83. The van der Waals surface area contributed by atoms with E-state index in [9.17, 15) is 4.79 Å². The molecule has 0 saturated carbocycles. The lowest BCUT2D eigenvalue weighted by molar-refractivity contribution is -0.123. The predicted octanol–water partition coefficient (Wildman–Crippen LogP) is 4.54. The number of amides is 1. The Morgan fingerprint density at radius 3 is 2.44 bits per heavy atom. The van der Waals surface area contributed by atoms with Gasteiger partial charge in [0.15, 0.2) is 18.1 Å². The SMILES string of the molecule is COc1ccccc1OCC(=O)N/N=C\c1c(C)n(Cc2ccccc2)c2ccccc12. The number of aromatic nitrogens is 1. The first-order chi connectivity index (χ1) is 15.7. The molecular formula is C26H25N3O3. The number of fused-ring (bicyclic) bond motifs is 1. The summed E-state index contributed by atoms with van der Waals surface area (Å²) >= 11 is 0. The molecule has 0 unspecified atom stereocenters. The lowest BCUT2D eigenvalue weighted by Gasteiger charge is -2.09. The molecule has 4 rings (SSSR count). The van der Waals surface area contributed by atoms with Crippen molar-refractivity contribution in [1.82, 2.24) is 9.99 Å². The van der Waals surface area contributed by atoms with E-state index >= 15 is 0 Å². The summed E-state index contributed by atoms with van der Waals surface area (Å²) in [7, 11) is 1.56. The number of benzene rings is 3. The fourth-order valence-corrected chi connectivity index (χ4v) is 3.67.